The number of carbonyl (C=O) groups is 1. The number of aromatic nitrogens is 4. The van der Waals surface area contributed by atoms with E-state index in [0.29, 0.717) is 22.1 Å². The Balaban J connectivity index is 1.54. The van der Waals surface area contributed by atoms with Crippen molar-refractivity contribution in [1.82, 2.24) is 20.0 Å². The number of amides is 1. The number of rotatable bonds is 4. The molecule has 2 aromatic heterocycles. The quantitative estimate of drug-likeness (QED) is 0.580. The minimum Gasteiger partial charge on any atom is -0.296 e. The summed E-state index contributed by atoms with van der Waals surface area (Å²) < 4.78 is 13.4. The minimum atomic E-state index is -0.394. The van der Waals surface area contributed by atoms with Gasteiger partial charge in [-0.25, -0.2) is 9.37 Å². The van der Waals surface area contributed by atoms with E-state index >= 15 is 0 Å². The molecule has 2 aromatic carbocycles. The molecule has 0 bridgehead atoms. The van der Waals surface area contributed by atoms with Gasteiger partial charge in [0.15, 0.2) is 10.8 Å². The molecule has 0 aliphatic heterocycles. The maximum atomic E-state index is 13.4. The summed E-state index contributed by atoms with van der Waals surface area (Å²) >= 11 is 1.26. The Kier molecular flexibility index (Phi) is 4.47. The lowest BCUT2D eigenvalue weighted by molar-refractivity contribution is 0.102. The van der Waals surface area contributed by atoms with Crippen molar-refractivity contribution in [2.75, 3.05) is 5.32 Å². The molecule has 0 unspecified atom stereocenters. The fraction of sp³-hybridized carbons (Fsp3) is 0.0526. The molecule has 2 heterocycles. The minimum absolute atomic E-state index is 0.223. The van der Waals surface area contributed by atoms with E-state index in [1.807, 2.05) is 30.3 Å². The summed E-state index contributed by atoms with van der Waals surface area (Å²) in [6, 6.07) is 15.5. The van der Waals surface area contributed by atoms with E-state index in [4.69, 9.17) is 0 Å². The Hall–Kier alpha value is -3.39. The first-order valence-electron chi connectivity index (χ1n) is 8.12. The second-order valence-corrected chi connectivity index (χ2v) is 6.62. The van der Waals surface area contributed by atoms with Gasteiger partial charge < -0.3 is 0 Å². The molecule has 0 spiro atoms. The molecule has 0 atom stereocenters. The van der Waals surface area contributed by atoms with Crippen molar-refractivity contribution >= 4 is 22.4 Å². The zero-order valence-electron chi connectivity index (χ0n) is 14.3. The van der Waals surface area contributed by atoms with E-state index < -0.39 is 5.91 Å². The topological polar surface area (TPSA) is 72.7 Å². The van der Waals surface area contributed by atoms with Crippen molar-refractivity contribution in [2.45, 2.75) is 6.92 Å². The maximum Gasteiger partial charge on any atom is 0.279 e. The number of anilines is 1. The summed E-state index contributed by atoms with van der Waals surface area (Å²) in [5.41, 5.74) is 2.75. The first kappa shape index (κ1) is 17.0. The van der Waals surface area contributed by atoms with Gasteiger partial charge in [-0.1, -0.05) is 30.3 Å². The van der Waals surface area contributed by atoms with Gasteiger partial charge >= 0.3 is 0 Å². The SMILES string of the molecule is Cc1nn(-c2ccccc2)nc1C(=O)Nc1nc(-c2cccc(F)c2)cs1. The molecule has 27 heavy (non-hydrogen) atoms. The molecule has 8 heteroatoms. The fourth-order valence-corrected chi connectivity index (χ4v) is 3.25. The summed E-state index contributed by atoms with van der Waals surface area (Å²) in [6.07, 6.45) is 0. The lowest BCUT2D eigenvalue weighted by Gasteiger charge is -1.99. The number of nitrogens with zero attached hydrogens (tertiary/aromatic N) is 4. The van der Waals surface area contributed by atoms with Crippen molar-refractivity contribution in [3.05, 3.63) is 77.2 Å². The van der Waals surface area contributed by atoms with Crippen molar-refractivity contribution in [2.24, 2.45) is 0 Å². The molecular weight excluding hydrogens is 365 g/mol. The van der Waals surface area contributed by atoms with Crippen LogP contribution >= 0.6 is 11.3 Å². The third-order valence-corrected chi connectivity index (χ3v) is 4.59. The van der Waals surface area contributed by atoms with Crippen LogP contribution in [0.4, 0.5) is 9.52 Å². The van der Waals surface area contributed by atoms with Gasteiger partial charge in [0.05, 0.1) is 17.1 Å². The molecule has 134 valence electrons. The summed E-state index contributed by atoms with van der Waals surface area (Å²) in [5, 5.41) is 13.5. The van der Waals surface area contributed by atoms with Crippen LogP contribution in [0.2, 0.25) is 0 Å². The molecule has 1 amide bonds. The Morgan fingerprint density at radius 1 is 1.11 bits per heavy atom. The van der Waals surface area contributed by atoms with E-state index in [9.17, 15) is 9.18 Å². The standard InChI is InChI=1S/C19H14FN5OS/c1-12-17(24-25(23-12)15-8-3-2-4-9-15)18(26)22-19-21-16(11-27-19)13-6-5-7-14(20)10-13/h2-11H,1H3,(H,21,22,26). The zero-order chi connectivity index (χ0) is 18.8. The van der Waals surface area contributed by atoms with Crippen LogP contribution in [0.1, 0.15) is 16.2 Å². The van der Waals surface area contributed by atoms with E-state index in [1.54, 1.807) is 24.4 Å². The number of para-hydroxylation sites is 1. The first-order chi connectivity index (χ1) is 13.1. The number of aryl methyl sites for hydroxylation is 1. The molecule has 0 aliphatic rings. The van der Waals surface area contributed by atoms with E-state index in [0.717, 1.165) is 5.69 Å². The van der Waals surface area contributed by atoms with Crippen molar-refractivity contribution in [3.63, 3.8) is 0 Å². The average molecular weight is 379 g/mol. The normalized spacial score (nSPS) is 10.7. The molecule has 0 radical (unpaired) electrons. The van der Waals surface area contributed by atoms with Gasteiger partial charge in [0.1, 0.15) is 5.82 Å². The third kappa shape index (κ3) is 3.61. The van der Waals surface area contributed by atoms with Crippen LogP contribution in [0.5, 0.6) is 0 Å². The third-order valence-electron chi connectivity index (χ3n) is 3.83. The lowest BCUT2D eigenvalue weighted by Crippen LogP contribution is -2.14. The van der Waals surface area contributed by atoms with Crippen molar-refractivity contribution in [3.8, 4) is 16.9 Å². The summed E-state index contributed by atoms with van der Waals surface area (Å²) in [5.74, 6) is -0.728. The highest BCUT2D eigenvalue weighted by Crippen LogP contribution is 2.25. The molecule has 4 rings (SSSR count). The number of benzene rings is 2. The van der Waals surface area contributed by atoms with Crippen LogP contribution in [0.3, 0.4) is 0 Å². The predicted octanol–water partition coefficient (Wildman–Crippen LogP) is 4.09. The Morgan fingerprint density at radius 2 is 1.93 bits per heavy atom. The highest BCUT2D eigenvalue weighted by Gasteiger charge is 2.18. The zero-order valence-corrected chi connectivity index (χ0v) is 15.1. The molecule has 4 aromatic rings. The Bertz CT molecular complexity index is 1110. The van der Waals surface area contributed by atoms with Gasteiger partial charge in [-0.3, -0.25) is 10.1 Å². The Labute approximate surface area is 158 Å². The molecule has 0 aliphatic carbocycles. The van der Waals surface area contributed by atoms with Gasteiger partial charge in [-0.2, -0.15) is 9.90 Å². The second-order valence-electron chi connectivity index (χ2n) is 5.76. The molecule has 0 saturated carbocycles. The van der Waals surface area contributed by atoms with Gasteiger partial charge in [0.2, 0.25) is 0 Å². The smallest absolute Gasteiger partial charge is 0.279 e. The number of halogens is 1. The van der Waals surface area contributed by atoms with Crippen LogP contribution in [0.15, 0.2) is 60.0 Å². The number of nitrogens with one attached hydrogen (secondary N) is 1. The summed E-state index contributed by atoms with van der Waals surface area (Å²) in [6.45, 7) is 1.72. The van der Waals surface area contributed by atoms with Crippen LogP contribution in [-0.4, -0.2) is 25.9 Å². The van der Waals surface area contributed by atoms with Crippen molar-refractivity contribution in [1.29, 1.82) is 0 Å². The van der Waals surface area contributed by atoms with Crippen LogP contribution in [-0.2, 0) is 0 Å². The van der Waals surface area contributed by atoms with E-state index in [-0.39, 0.29) is 11.5 Å². The highest BCUT2D eigenvalue weighted by molar-refractivity contribution is 7.14. The molecule has 1 N–H and O–H groups in total. The van der Waals surface area contributed by atoms with Crippen molar-refractivity contribution < 1.29 is 9.18 Å². The number of hydrogen-bond acceptors (Lipinski definition) is 5. The monoisotopic (exact) mass is 379 g/mol. The second kappa shape index (κ2) is 7.08. The Morgan fingerprint density at radius 3 is 2.70 bits per heavy atom. The number of thiazole rings is 1. The number of hydrogen-bond donors (Lipinski definition) is 1. The fourth-order valence-electron chi connectivity index (χ4n) is 2.53. The van der Waals surface area contributed by atoms with Gasteiger partial charge in [0, 0.05) is 10.9 Å². The van der Waals surface area contributed by atoms with Crippen LogP contribution in [0, 0.1) is 12.7 Å². The van der Waals surface area contributed by atoms with Crippen LogP contribution < -0.4 is 5.32 Å². The molecule has 0 fully saturated rings. The molecular formula is C19H14FN5OS. The highest BCUT2D eigenvalue weighted by atomic mass is 32.1. The number of carbonyl (C=O) groups excluding carboxylic acids is 1. The van der Waals surface area contributed by atoms with E-state index in [2.05, 4.69) is 20.5 Å². The summed E-state index contributed by atoms with van der Waals surface area (Å²) in [7, 11) is 0. The predicted molar refractivity (Wildman–Crippen MR) is 102 cm³/mol. The van der Waals surface area contributed by atoms with E-state index in [1.165, 1.54) is 28.3 Å². The molecule has 0 saturated heterocycles. The largest absolute Gasteiger partial charge is 0.296 e. The van der Waals surface area contributed by atoms with Gasteiger partial charge in [-0.05, 0) is 31.2 Å². The van der Waals surface area contributed by atoms with Crippen LogP contribution in [0.25, 0.3) is 16.9 Å². The van der Waals surface area contributed by atoms with Gasteiger partial charge in [0.25, 0.3) is 5.91 Å². The average Bonchev–Trinajstić information content (AvgIpc) is 3.29. The van der Waals surface area contributed by atoms with Gasteiger partial charge in [-0.15, -0.1) is 16.4 Å². The maximum absolute atomic E-state index is 13.4. The first-order valence-corrected chi connectivity index (χ1v) is 9.00. The summed E-state index contributed by atoms with van der Waals surface area (Å²) in [4.78, 5) is 18.3. The lowest BCUT2D eigenvalue weighted by atomic mass is 10.2. The molecule has 6 nitrogen and oxygen atoms in total.